The molecule has 0 saturated heterocycles. The van der Waals surface area contributed by atoms with E-state index < -0.39 is 0 Å². The number of nitrogens with zero attached hydrogens (tertiary/aromatic N) is 4. The number of thioether (sulfide) groups is 1. The largest absolute Gasteiger partial charge is 0.497 e. The minimum Gasteiger partial charge on any atom is -0.497 e. The van der Waals surface area contributed by atoms with Crippen molar-refractivity contribution in [3.05, 3.63) is 54.6 Å². The monoisotopic (exact) mass is 300 g/mol. The van der Waals surface area contributed by atoms with Crippen LogP contribution in [0.2, 0.25) is 0 Å². The minimum atomic E-state index is 0.837. The first-order valence-corrected chi connectivity index (χ1v) is 7.53. The van der Waals surface area contributed by atoms with Gasteiger partial charge >= 0.3 is 0 Å². The number of aryl methyl sites for hydroxylation is 1. The second-order valence-electron chi connectivity index (χ2n) is 4.59. The molecule has 2 heterocycles. The number of methoxy groups -OCH3 is 1. The molecule has 3 aromatic rings. The van der Waals surface area contributed by atoms with Crippen LogP contribution in [0.3, 0.4) is 0 Å². The maximum Gasteiger partial charge on any atom is 0.172 e. The summed E-state index contributed by atoms with van der Waals surface area (Å²) in [6.07, 6.45) is 7.67. The maximum atomic E-state index is 5.27. The van der Waals surface area contributed by atoms with Crippen LogP contribution in [0.5, 0.6) is 5.75 Å². The average Bonchev–Trinajstić information content (AvgIpc) is 3.14. The van der Waals surface area contributed by atoms with Crippen molar-refractivity contribution in [2.24, 2.45) is 7.05 Å². The van der Waals surface area contributed by atoms with Crippen molar-refractivity contribution in [2.45, 2.75) is 10.9 Å². The number of rotatable bonds is 5. The summed E-state index contributed by atoms with van der Waals surface area (Å²) in [6.45, 7) is 0. The van der Waals surface area contributed by atoms with Crippen LogP contribution in [-0.4, -0.2) is 26.4 Å². The molecule has 6 heteroatoms. The molecule has 0 N–H and O–H groups in total. The number of benzene rings is 1. The molecule has 0 bridgehead atoms. The summed E-state index contributed by atoms with van der Waals surface area (Å²) in [7, 11) is 3.59. The lowest BCUT2D eigenvalue weighted by molar-refractivity contribution is 0.414. The van der Waals surface area contributed by atoms with E-state index in [0.717, 1.165) is 22.3 Å². The van der Waals surface area contributed by atoms with E-state index in [4.69, 9.17) is 4.74 Å². The molecule has 0 aliphatic rings. The van der Waals surface area contributed by atoms with Crippen LogP contribution in [0.25, 0.3) is 5.69 Å². The van der Waals surface area contributed by atoms with E-state index in [1.54, 1.807) is 18.9 Å². The molecule has 0 radical (unpaired) electrons. The molecule has 0 spiro atoms. The normalized spacial score (nSPS) is 10.8. The van der Waals surface area contributed by atoms with Gasteiger partial charge in [0.1, 0.15) is 5.75 Å². The topological polar surface area (TPSA) is 44.9 Å². The number of ether oxygens (including phenoxy) is 1. The van der Waals surface area contributed by atoms with Crippen LogP contribution < -0.4 is 4.74 Å². The van der Waals surface area contributed by atoms with Gasteiger partial charge in [-0.2, -0.15) is 5.10 Å². The molecule has 3 rings (SSSR count). The molecule has 0 saturated carbocycles. The number of aromatic nitrogens is 4. The molecule has 0 aliphatic heterocycles. The molecule has 108 valence electrons. The van der Waals surface area contributed by atoms with Gasteiger partial charge in [0.15, 0.2) is 5.16 Å². The highest BCUT2D eigenvalue weighted by Crippen LogP contribution is 2.25. The summed E-state index contributed by atoms with van der Waals surface area (Å²) in [5.41, 5.74) is 2.23. The first kappa shape index (κ1) is 13.8. The van der Waals surface area contributed by atoms with Crippen molar-refractivity contribution < 1.29 is 4.74 Å². The lowest BCUT2D eigenvalue weighted by Gasteiger charge is -2.08. The summed E-state index contributed by atoms with van der Waals surface area (Å²) >= 11 is 1.69. The third-order valence-electron chi connectivity index (χ3n) is 3.06. The number of imidazole rings is 1. The predicted molar refractivity (Wildman–Crippen MR) is 82.9 cm³/mol. The molecule has 1 aromatic carbocycles. The Morgan fingerprint density at radius 3 is 3.00 bits per heavy atom. The van der Waals surface area contributed by atoms with Gasteiger partial charge in [-0.25, -0.2) is 4.98 Å². The SMILES string of the molecule is COc1cccc(-n2ccnc2SCc2cnn(C)c2)c1. The molecule has 0 aliphatic carbocycles. The van der Waals surface area contributed by atoms with Crippen molar-refractivity contribution >= 4 is 11.8 Å². The van der Waals surface area contributed by atoms with Crippen LogP contribution in [0.4, 0.5) is 0 Å². The van der Waals surface area contributed by atoms with E-state index in [0.29, 0.717) is 0 Å². The molecule has 0 fully saturated rings. The maximum absolute atomic E-state index is 5.27. The molecule has 0 unspecified atom stereocenters. The molecular formula is C15H16N4OS. The number of hydrogen-bond donors (Lipinski definition) is 0. The predicted octanol–water partition coefficient (Wildman–Crippen LogP) is 2.91. The van der Waals surface area contributed by atoms with Gasteiger partial charge in [-0.05, 0) is 12.1 Å². The molecule has 21 heavy (non-hydrogen) atoms. The van der Waals surface area contributed by atoms with Crippen LogP contribution in [0.15, 0.2) is 54.2 Å². The third-order valence-corrected chi connectivity index (χ3v) is 4.10. The quantitative estimate of drug-likeness (QED) is 0.680. The summed E-state index contributed by atoms with van der Waals surface area (Å²) in [6, 6.07) is 7.95. The first-order chi connectivity index (χ1) is 10.3. The zero-order valence-corrected chi connectivity index (χ0v) is 12.7. The Labute approximate surface area is 127 Å². The zero-order chi connectivity index (χ0) is 14.7. The minimum absolute atomic E-state index is 0.837. The Hall–Kier alpha value is -2.21. The van der Waals surface area contributed by atoms with Gasteiger partial charge in [0.25, 0.3) is 0 Å². The highest BCUT2D eigenvalue weighted by Gasteiger charge is 2.07. The number of hydrogen-bond acceptors (Lipinski definition) is 4. The zero-order valence-electron chi connectivity index (χ0n) is 11.9. The highest BCUT2D eigenvalue weighted by atomic mass is 32.2. The molecule has 2 aromatic heterocycles. The smallest absolute Gasteiger partial charge is 0.172 e. The lowest BCUT2D eigenvalue weighted by atomic mass is 10.3. The average molecular weight is 300 g/mol. The fourth-order valence-electron chi connectivity index (χ4n) is 2.05. The summed E-state index contributed by atoms with van der Waals surface area (Å²) in [5, 5.41) is 5.13. The van der Waals surface area contributed by atoms with Crippen LogP contribution in [0, 0.1) is 0 Å². The Morgan fingerprint density at radius 1 is 1.33 bits per heavy atom. The summed E-state index contributed by atoms with van der Waals surface area (Å²) in [5.74, 6) is 1.68. The van der Waals surface area contributed by atoms with Gasteiger partial charge in [0, 0.05) is 43.0 Å². The van der Waals surface area contributed by atoms with Gasteiger partial charge < -0.3 is 4.74 Å². The Kier molecular flexibility index (Phi) is 3.96. The van der Waals surface area contributed by atoms with Crippen LogP contribution in [0.1, 0.15) is 5.56 Å². The van der Waals surface area contributed by atoms with Gasteiger partial charge in [-0.15, -0.1) is 0 Å². The van der Waals surface area contributed by atoms with E-state index >= 15 is 0 Å². The van der Waals surface area contributed by atoms with E-state index in [-0.39, 0.29) is 0 Å². The van der Waals surface area contributed by atoms with Crippen LogP contribution in [-0.2, 0) is 12.8 Å². The van der Waals surface area contributed by atoms with E-state index in [2.05, 4.69) is 14.6 Å². The van der Waals surface area contributed by atoms with Crippen molar-refractivity contribution in [2.75, 3.05) is 7.11 Å². The lowest BCUT2D eigenvalue weighted by Crippen LogP contribution is -1.96. The van der Waals surface area contributed by atoms with Gasteiger partial charge in [-0.3, -0.25) is 9.25 Å². The Balaban J connectivity index is 1.80. The second-order valence-corrected chi connectivity index (χ2v) is 5.53. The van der Waals surface area contributed by atoms with Crippen LogP contribution >= 0.6 is 11.8 Å². The Morgan fingerprint density at radius 2 is 2.24 bits per heavy atom. The standard InChI is InChI=1S/C15H16N4OS/c1-18-10-12(9-17-18)11-21-15-16-6-7-19(15)13-4-3-5-14(8-13)20-2/h3-10H,11H2,1-2H3. The van der Waals surface area contributed by atoms with Gasteiger partial charge in [0.05, 0.1) is 19.0 Å². The second kappa shape index (κ2) is 6.05. The summed E-state index contributed by atoms with van der Waals surface area (Å²) < 4.78 is 9.14. The van der Waals surface area contributed by atoms with Crippen molar-refractivity contribution in [1.82, 2.24) is 19.3 Å². The third kappa shape index (κ3) is 3.11. The fraction of sp³-hybridized carbons (Fsp3) is 0.200. The van der Waals surface area contributed by atoms with Crippen molar-refractivity contribution in [3.8, 4) is 11.4 Å². The highest BCUT2D eigenvalue weighted by molar-refractivity contribution is 7.98. The summed E-state index contributed by atoms with van der Waals surface area (Å²) in [4.78, 5) is 4.43. The van der Waals surface area contributed by atoms with E-state index in [9.17, 15) is 0 Å². The van der Waals surface area contributed by atoms with Gasteiger partial charge in [0.2, 0.25) is 0 Å². The first-order valence-electron chi connectivity index (χ1n) is 6.54. The molecule has 0 amide bonds. The van der Waals surface area contributed by atoms with Crippen molar-refractivity contribution in [1.29, 1.82) is 0 Å². The van der Waals surface area contributed by atoms with E-state index in [1.807, 2.05) is 60.8 Å². The fourth-order valence-corrected chi connectivity index (χ4v) is 2.93. The molecular weight excluding hydrogens is 284 g/mol. The Bertz CT molecular complexity index is 735. The molecule has 5 nitrogen and oxygen atoms in total. The van der Waals surface area contributed by atoms with Gasteiger partial charge in [-0.1, -0.05) is 17.8 Å². The molecule has 0 atom stereocenters. The van der Waals surface area contributed by atoms with E-state index in [1.165, 1.54) is 5.56 Å². The van der Waals surface area contributed by atoms with Crippen molar-refractivity contribution in [3.63, 3.8) is 0 Å².